The molecule has 0 aromatic carbocycles. The van der Waals surface area contributed by atoms with Crippen molar-refractivity contribution in [2.45, 2.75) is 47.1 Å². The van der Waals surface area contributed by atoms with Crippen molar-refractivity contribution in [1.29, 1.82) is 0 Å². The van der Waals surface area contributed by atoms with Crippen molar-refractivity contribution in [3.63, 3.8) is 0 Å². The normalized spacial score (nSPS) is 12.6. The maximum Gasteiger partial charge on any atom is 0.500 e. The maximum atomic E-state index is 5.82. The molecule has 0 aliphatic rings. The van der Waals surface area contributed by atoms with Gasteiger partial charge in [-0.05, 0) is 47.1 Å². The lowest BCUT2D eigenvalue weighted by Gasteiger charge is -2.28. The van der Waals surface area contributed by atoms with E-state index in [0.29, 0.717) is 19.8 Å². The second-order valence-corrected chi connectivity index (χ2v) is 7.42. The lowest BCUT2D eigenvalue weighted by atomic mass is 10.3. The second-order valence-electron chi connectivity index (χ2n) is 4.69. The fourth-order valence-electron chi connectivity index (χ4n) is 2.01. The van der Waals surface area contributed by atoms with Gasteiger partial charge in [0.1, 0.15) is 0 Å². The zero-order chi connectivity index (χ0) is 15.4. The highest BCUT2D eigenvalue weighted by molar-refractivity contribution is 6.60. The molecule has 0 aromatic heterocycles. The first-order valence-corrected chi connectivity index (χ1v) is 9.42. The molecule has 1 N–H and O–H groups in total. The third-order valence-corrected chi connectivity index (χ3v) is 5.77. The van der Waals surface area contributed by atoms with Gasteiger partial charge in [0.2, 0.25) is 0 Å². The summed E-state index contributed by atoms with van der Waals surface area (Å²) in [4.78, 5) is 0. The molecule has 0 aliphatic carbocycles. The highest BCUT2D eigenvalue weighted by atomic mass is 28.4. The Morgan fingerprint density at radius 1 is 1.05 bits per heavy atom. The fourth-order valence-corrected chi connectivity index (χ4v) is 4.62. The van der Waals surface area contributed by atoms with Crippen molar-refractivity contribution >= 4 is 8.80 Å². The second kappa shape index (κ2) is 11.1. The van der Waals surface area contributed by atoms with E-state index in [1.165, 1.54) is 0 Å². The van der Waals surface area contributed by atoms with Gasteiger partial charge in [0.25, 0.3) is 0 Å². The predicted octanol–water partition coefficient (Wildman–Crippen LogP) is 3.49. The predicted molar refractivity (Wildman–Crippen MR) is 86.6 cm³/mol. The van der Waals surface area contributed by atoms with Gasteiger partial charge in [-0.3, -0.25) is 0 Å². The number of rotatable bonds is 12. The molecule has 0 unspecified atom stereocenters. The molecular formula is C15H31NO3Si. The zero-order valence-corrected chi connectivity index (χ0v) is 14.8. The van der Waals surface area contributed by atoms with Crippen LogP contribution in [0.25, 0.3) is 0 Å². The van der Waals surface area contributed by atoms with Crippen molar-refractivity contribution in [3.05, 3.63) is 23.9 Å². The first kappa shape index (κ1) is 19.4. The number of allylic oxidation sites excluding steroid dienone is 3. The summed E-state index contributed by atoms with van der Waals surface area (Å²) in [7, 11) is -2.48. The van der Waals surface area contributed by atoms with Crippen LogP contribution in [-0.2, 0) is 13.3 Å². The summed E-state index contributed by atoms with van der Waals surface area (Å²) in [6.07, 6.45) is 3.01. The van der Waals surface area contributed by atoms with Crippen LogP contribution in [0, 0.1) is 0 Å². The van der Waals surface area contributed by atoms with Gasteiger partial charge in [-0.2, -0.15) is 0 Å². The number of hydrogen-bond donors (Lipinski definition) is 1. The summed E-state index contributed by atoms with van der Waals surface area (Å²) in [5.41, 5.74) is 2.19. The summed E-state index contributed by atoms with van der Waals surface area (Å²) in [6.45, 7) is 16.6. The molecule has 0 amide bonds. The van der Waals surface area contributed by atoms with Crippen molar-refractivity contribution < 1.29 is 13.3 Å². The topological polar surface area (TPSA) is 39.7 Å². The number of nitrogens with one attached hydrogen (secondary N) is 1. The molecular weight excluding hydrogens is 270 g/mol. The molecule has 0 atom stereocenters. The molecule has 5 heteroatoms. The Morgan fingerprint density at radius 2 is 1.55 bits per heavy atom. The standard InChI is InChI=1S/C15H31NO3Si/c1-7-17-20(18-8-2,19-9-3)12-10-11-16-15(6)13-14(4)5/h13,16H,4,7-12H2,1-3,5-6H3. The molecule has 0 spiro atoms. The van der Waals surface area contributed by atoms with E-state index >= 15 is 0 Å². The van der Waals surface area contributed by atoms with Crippen LogP contribution in [-0.4, -0.2) is 35.2 Å². The van der Waals surface area contributed by atoms with Crippen molar-refractivity contribution in [1.82, 2.24) is 5.32 Å². The molecule has 0 saturated carbocycles. The monoisotopic (exact) mass is 301 g/mol. The third kappa shape index (κ3) is 8.53. The van der Waals surface area contributed by atoms with Crippen LogP contribution in [0.15, 0.2) is 23.9 Å². The van der Waals surface area contributed by atoms with Crippen LogP contribution in [0.4, 0.5) is 0 Å². The van der Waals surface area contributed by atoms with Gasteiger partial charge in [-0.15, -0.1) is 0 Å². The molecule has 118 valence electrons. The first-order chi connectivity index (χ1) is 9.49. The quantitative estimate of drug-likeness (QED) is 0.340. The minimum atomic E-state index is -2.48. The van der Waals surface area contributed by atoms with E-state index in [0.717, 1.165) is 30.3 Å². The van der Waals surface area contributed by atoms with Gasteiger partial charge in [-0.1, -0.05) is 12.2 Å². The van der Waals surface area contributed by atoms with Crippen molar-refractivity contribution in [3.8, 4) is 0 Å². The Bertz CT molecular complexity index is 288. The number of hydrogen-bond acceptors (Lipinski definition) is 4. The SMILES string of the molecule is C=C(C)C=C(C)NCCC[Si](OCC)(OCC)OCC. The molecule has 20 heavy (non-hydrogen) atoms. The van der Waals surface area contributed by atoms with Crippen LogP contribution in [0.1, 0.15) is 41.0 Å². The highest BCUT2D eigenvalue weighted by Gasteiger charge is 2.39. The molecule has 0 fully saturated rings. The Hall–Kier alpha value is -0.623. The van der Waals surface area contributed by atoms with E-state index in [9.17, 15) is 0 Å². The lowest BCUT2D eigenvalue weighted by molar-refractivity contribution is 0.0709. The Balaban J connectivity index is 4.28. The summed E-state index contributed by atoms with van der Waals surface area (Å²) in [6, 6.07) is 0.843. The van der Waals surface area contributed by atoms with Crippen LogP contribution in [0.3, 0.4) is 0 Å². The first-order valence-electron chi connectivity index (χ1n) is 7.49. The van der Waals surface area contributed by atoms with Gasteiger partial charge in [0.15, 0.2) is 0 Å². The Kier molecular flexibility index (Phi) is 10.7. The van der Waals surface area contributed by atoms with E-state index in [2.05, 4.69) is 11.9 Å². The maximum absolute atomic E-state index is 5.82. The molecule has 0 bridgehead atoms. The average Bonchev–Trinajstić information content (AvgIpc) is 2.35. The van der Waals surface area contributed by atoms with Crippen molar-refractivity contribution in [2.24, 2.45) is 0 Å². The minimum Gasteiger partial charge on any atom is -0.389 e. The van der Waals surface area contributed by atoms with Gasteiger partial charge in [0, 0.05) is 38.1 Å². The van der Waals surface area contributed by atoms with E-state index in [4.69, 9.17) is 13.3 Å². The fraction of sp³-hybridized carbons (Fsp3) is 0.733. The molecule has 4 nitrogen and oxygen atoms in total. The highest BCUT2D eigenvalue weighted by Crippen LogP contribution is 2.17. The van der Waals surface area contributed by atoms with Crippen LogP contribution < -0.4 is 5.32 Å². The van der Waals surface area contributed by atoms with E-state index in [1.54, 1.807) is 0 Å². The minimum absolute atomic E-state index is 0.633. The van der Waals surface area contributed by atoms with E-state index in [1.807, 2.05) is 40.7 Å². The van der Waals surface area contributed by atoms with E-state index in [-0.39, 0.29) is 0 Å². The molecule has 0 rings (SSSR count). The summed E-state index contributed by atoms with van der Waals surface area (Å²) in [5, 5.41) is 3.37. The molecule has 0 heterocycles. The summed E-state index contributed by atoms with van der Waals surface area (Å²) in [5.74, 6) is 0. The lowest BCUT2D eigenvalue weighted by Crippen LogP contribution is -2.46. The molecule has 0 saturated heterocycles. The smallest absolute Gasteiger partial charge is 0.389 e. The van der Waals surface area contributed by atoms with E-state index < -0.39 is 8.80 Å². The van der Waals surface area contributed by atoms with Gasteiger partial charge in [0.05, 0.1) is 0 Å². The summed E-state index contributed by atoms with van der Waals surface area (Å²) < 4.78 is 17.5. The van der Waals surface area contributed by atoms with Crippen LogP contribution >= 0.6 is 0 Å². The molecule has 0 aliphatic heterocycles. The summed E-state index contributed by atoms with van der Waals surface area (Å²) >= 11 is 0. The Labute approximate surface area is 125 Å². The molecule has 0 aromatic rings. The zero-order valence-electron chi connectivity index (χ0n) is 13.8. The van der Waals surface area contributed by atoms with Gasteiger partial charge in [-0.25, -0.2) is 0 Å². The largest absolute Gasteiger partial charge is 0.500 e. The molecule has 0 radical (unpaired) electrons. The van der Waals surface area contributed by atoms with Crippen molar-refractivity contribution in [2.75, 3.05) is 26.4 Å². The Morgan fingerprint density at radius 3 is 1.95 bits per heavy atom. The average molecular weight is 302 g/mol. The van der Waals surface area contributed by atoms with Crippen LogP contribution in [0.5, 0.6) is 0 Å². The van der Waals surface area contributed by atoms with Gasteiger partial charge >= 0.3 is 8.80 Å². The third-order valence-electron chi connectivity index (χ3n) is 2.62. The van der Waals surface area contributed by atoms with Crippen LogP contribution in [0.2, 0.25) is 6.04 Å². The van der Waals surface area contributed by atoms with Gasteiger partial charge < -0.3 is 18.6 Å².